The van der Waals surface area contributed by atoms with Crippen molar-refractivity contribution in [1.82, 2.24) is 15.2 Å². The number of rotatable bonds is 7. The SMILES string of the molecule is CC(C)(C)OC(=O)NCC1CCCCN1Cc1csc(COc2ccc(F)cc2)n1. The fourth-order valence-electron chi connectivity index (χ4n) is 3.39. The summed E-state index contributed by atoms with van der Waals surface area (Å²) in [5.41, 5.74) is 0.505. The van der Waals surface area contributed by atoms with Gasteiger partial charge in [-0.15, -0.1) is 11.3 Å². The van der Waals surface area contributed by atoms with Crippen molar-refractivity contribution in [1.29, 1.82) is 0 Å². The first-order valence-electron chi connectivity index (χ1n) is 10.3. The van der Waals surface area contributed by atoms with Crippen LogP contribution in [0.5, 0.6) is 5.75 Å². The predicted molar refractivity (Wildman–Crippen MR) is 115 cm³/mol. The first-order chi connectivity index (χ1) is 14.3. The Hall–Kier alpha value is -2.19. The fourth-order valence-corrected chi connectivity index (χ4v) is 4.08. The highest BCUT2D eigenvalue weighted by atomic mass is 32.1. The molecule has 6 nitrogen and oxygen atoms in total. The van der Waals surface area contributed by atoms with Gasteiger partial charge in [-0.05, 0) is 64.4 Å². The predicted octanol–water partition coefficient (Wildman–Crippen LogP) is 4.74. The molecule has 1 unspecified atom stereocenters. The molecule has 1 aromatic carbocycles. The van der Waals surface area contributed by atoms with E-state index in [1.165, 1.54) is 12.1 Å². The Kier molecular flexibility index (Phi) is 7.66. The Bertz CT molecular complexity index is 820. The highest BCUT2D eigenvalue weighted by Crippen LogP contribution is 2.21. The summed E-state index contributed by atoms with van der Waals surface area (Å²) < 4.78 is 24.0. The van der Waals surface area contributed by atoms with Gasteiger partial charge in [-0.3, -0.25) is 4.90 Å². The molecule has 1 aliphatic rings. The number of hydrogen-bond donors (Lipinski definition) is 1. The summed E-state index contributed by atoms with van der Waals surface area (Å²) in [6, 6.07) is 6.25. The standard InChI is InChI=1S/C22H30FN3O3S/c1-22(2,3)29-21(27)24-12-18-6-4-5-11-26(18)13-17-15-30-20(25-17)14-28-19-9-7-16(23)8-10-19/h7-10,15,18H,4-6,11-14H2,1-3H3,(H,24,27). The molecule has 164 valence electrons. The topological polar surface area (TPSA) is 63.7 Å². The van der Waals surface area contributed by atoms with Crippen molar-refractivity contribution in [2.45, 2.75) is 64.8 Å². The van der Waals surface area contributed by atoms with E-state index < -0.39 is 5.60 Å². The number of halogens is 1. The molecule has 30 heavy (non-hydrogen) atoms. The van der Waals surface area contributed by atoms with Crippen molar-refractivity contribution < 1.29 is 18.7 Å². The van der Waals surface area contributed by atoms with E-state index in [4.69, 9.17) is 9.47 Å². The number of carbonyl (C=O) groups is 1. The van der Waals surface area contributed by atoms with Crippen LogP contribution in [-0.2, 0) is 17.9 Å². The number of aromatic nitrogens is 1. The summed E-state index contributed by atoms with van der Waals surface area (Å²) in [6.45, 7) is 8.24. The highest BCUT2D eigenvalue weighted by Gasteiger charge is 2.25. The molecule has 0 radical (unpaired) electrons. The van der Waals surface area contributed by atoms with Crippen LogP contribution in [0.25, 0.3) is 0 Å². The summed E-state index contributed by atoms with van der Waals surface area (Å²) in [6.07, 6.45) is 2.97. The van der Waals surface area contributed by atoms with Gasteiger partial charge in [-0.2, -0.15) is 0 Å². The second-order valence-corrected chi connectivity index (χ2v) is 9.42. The molecule has 2 heterocycles. The lowest BCUT2D eigenvalue weighted by atomic mass is 10.0. The van der Waals surface area contributed by atoms with Gasteiger partial charge in [0.25, 0.3) is 0 Å². The molecular weight excluding hydrogens is 405 g/mol. The zero-order valence-electron chi connectivity index (χ0n) is 17.8. The molecular formula is C22H30FN3O3S. The molecule has 1 saturated heterocycles. The third-order valence-electron chi connectivity index (χ3n) is 4.77. The van der Waals surface area contributed by atoms with Crippen molar-refractivity contribution in [3.63, 3.8) is 0 Å². The highest BCUT2D eigenvalue weighted by molar-refractivity contribution is 7.09. The molecule has 1 amide bonds. The maximum absolute atomic E-state index is 13.0. The number of nitrogens with one attached hydrogen (secondary N) is 1. The van der Waals surface area contributed by atoms with Crippen LogP contribution in [0.15, 0.2) is 29.6 Å². The second kappa shape index (κ2) is 10.2. The molecule has 3 rings (SSSR count). The summed E-state index contributed by atoms with van der Waals surface area (Å²) in [7, 11) is 0. The number of alkyl carbamates (subject to hydrolysis) is 1. The monoisotopic (exact) mass is 435 g/mol. The Labute approximate surface area is 181 Å². The summed E-state index contributed by atoms with van der Waals surface area (Å²) in [5, 5.41) is 5.84. The lowest BCUT2D eigenvalue weighted by molar-refractivity contribution is 0.0491. The molecule has 0 aliphatic carbocycles. The van der Waals surface area contributed by atoms with Gasteiger partial charge in [0.15, 0.2) is 0 Å². The summed E-state index contributed by atoms with van der Waals surface area (Å²) in [5.74, 6) is 0.341. The molecule has 1 aromatic heterocycles. The Morgan fingerprint density at radius 3 is 2.80 bits per heavy atom. The van der Waals surface area contributed by atoms with E-state index in [1.54, 1.807) is 23.5 Å². The van der Waals surface area contributed by atoms with Crippen molar-refractivity contribution in [2.75, 3.05) is 13.1 Å². The number of likely N-dealkylation sites (tertiary alicyclic amines) is 1. The van der Waals surface area contributed by atoms with Crippen LogP contribution >= 0.6 is 11.3 Å². The average Bonchev–Trinajstić information content (AvgIpc) is 3.13. The average molecular weight is 436 g/mol. The lowest BCUT2D eigenvalue weighted by Gasteiger charge is -2.35. The van der Waals surface area contributed by atoms with Crippen LogP contribution in [0.3, 0.4) is 0 Å². The molecule has 0 bridgehead atoms. The van der Waals surface area contributed by atoms with E-state index in [9.17, 15) is 9.18 Å². The molecule has 0 saturated carbocycles. The molecule has 8 heteroatoms. The summed E-state index contributed by atoms with van der Waals surface area (Å²) >= 11 is 1.56. The Balaban J connectivity index is 1.50. The van der Waals surface area contributed by atoms with Gasteiger partial charge in [0.05, 0.1) is 5.69 Å². The van der Waals surface area contributed by atoms with Crippen molar-refractivity contribution in [3.8, 4) is 5.75 Å². The first-order valence-corrected chi connectivity index (χ1v) is 11.2. The van der Waals surface area contributed by atoms with Gasteiger partial charge in [-0.25, -0.2) is 14.2 Å². The smallest absolute Gasteiger partial charge is 0.407 e. The maximum Gasteiger partial charge on any atom is 0.407 e. The quantitative estimate of drug-likeness (QED) is 0.681. The zero-order valence-corrected chi connectivity index (χ0v) is 18.6. The van der Waals surface area contributed by atoms with E-state index in [-0.39, 0.29) is 18.0 Å². The van der Waals surface area contributed by atoms with E-state index in [0.717, 1.165) is 43.1 Å². The van der Waals surface area contributed by atoms with Crippen LogP contribution in [0.1, 0.15) is 50.7 Å². The number of amides is 1. The largest absolute Gasteiger partial charge is 0.486 e. The minimum atomic E-state index is -0.497. The van der Waals surface area contributed by atoms with Crippen molar-refractivity contribution in [2.24, 2.45) is 0 Å². The molecule has 1 aliphatic heterocycles. The number of hydrogen-bond acceptors (Lipinski definition) is 6. The Morgan fingerprint density at radius 1 is 1.30 bits per heavy atom. The first kappa shape index (κ1) is 22.5. The van der Waals surface area contributed by atoms with Gasteiger partial charge < -0.3 is 14.8 Å². The van der Waals surface area contributed by atoms with Gasteiger partial charge in [0.2, 0.25) is 0 Å². The van der Waals surface area contributed by atoms with E-state index in [0.29, 0.717) is 18.9 Å². The van der Waals surface area contributed by atoms with Crippen molar-refractivity contribution in [3.05, 3.63) is 46.2 Å². The number of carbonyl (C=O) groups excluding carboxylic acids is 1. The molecule has 1 N–H and O–H groups in total. The Morgan fingerprint density at radius 2 is 2.07 bits per heavy atom. The number of benzene rings is 1. The molecule has 0 spiro atoms. The van der Waals surface area contributed by atoms with E-state index >= 15 is 0 Å². The van der Waals surface area contributed by atoms with Gasteiger partial charge in [0.1, 0.15) is 28.8 Å². The summed E-state index contributed by atoms with van der Waals surface area (Å²) in [4.78, 5) is 19.0. The third-order valence-corrected chi connectivity index (χ3v) is 5.64. The zero-order chi connectivity index (χ0) is 21.6. The number of piperidine rings is 1. The fraction of sp³-hybridized carbons (Fsp3) is 0.545. The minimum Gasteiger partial charge on any atom is -0.486 e. The third kappa shape index (κ3) is 7.25. The van der Waals surface area contributed by atoms with E-state index in [2.05, 4.69) is 20.6 Å². The molecule has 1 atom stereocenters. The van der Waals surface area contributed by atoms with Gasteiger partial charge in [-0.1, -0.05) is 6.42 Å². The van der Waals surface area contributed by atoms with Crippen LogP contribution in [0.2, 0.25) is 0 Å². The number of nitrogens with zero attached hydrogens (tertiary/aromatic N) is 2. The second-order valence-electron chi connectivity index (χ2n) is 8.48. The van der Waals surface area contributed by atoms with Gasteiger partial charge in [0, 0.05) is 24.5 Å². The molecule has 2 aromatic rings. The van der Waals surface area contributed by atoms with Crippen LogP contribution in [-0.4, -0.2) is 40.7 Å². The van der Waals surface area contributed by atoms with Crippen molar-refractivity contribution >= 4 is 17.4 Å². The number of ether oxygens (including phenoxy) is 2. The van der Waals surface area contributed by atoms with Crippen LogP contribution < -0.4 is 10.1 Å². The maximum atomic E-state index is 13.0. The normalized spacial score (nSPS) is 17.5. The van der Waals surface area contributed by atoms with Gasteiger partial charge >= 0.3 is 6.09 Å². The minimum absolute atomic E-state index is 0.270. The number of thiazole rings is 1. The molecule has 1 fully saturated rings. The van der Waals surface area contributed by atoms with E-state index in [1.807, 2.05) is 20.8 Å². The van der Waals surface area contributed by atoms with Crippen LogP contribution in [0.4, 0.5) is 9.18 Å². The lowest BCUT2D eigenvalue weighted by Crippen LogP contribution is -2.47. The van der Waals surface area contributed by atoms with Crippen LogP contribution in [0, 0.1) is 5.82 Å².